The van der Waals surface area contributed by atoms with E-state index in [1.807, 2.05) is 0 Å². The van der Waals surface area contributed by atoms with Crippen LogP contribution in [0.25, 0.3) is 0 Å². The zero-order valence-electron chi connectivity index (χ0n) is 36.0. The Balaban J connectivity index is 4.24. The Bertz CT molecular complexity index is 796. The Morgan fingerprint density at radius 1 is 0.358 bits per heavy atom. The Hall–Kier alpha value is -1.59. The molecule has 0 rings (SSSR count). The lowest BCUT2D eigenvalue weighted by atomic mass is 10.0. The van der Waals surface area contributed by atoms with Crippen molar-refractivity contribution in [2.45, 2.75) is 265 Å². The van der Waals surface area contributed by atoms with E-state index in [0.717, 1.165) is 63.7 Å². The minimum Gasteiger partial charge on any atom is -0.462 e. The summed E-state index contributed by atoms with van der Waals surface area (Å²) in [5, 5.41) is 0. The molecule has 0 radical (unpaired) electrons. The van der Waals surface area contributed by atoms with Crippen molar-refractivity contribution in [3.8, 4) is 0 Å². The molecule has 6 nitrogen and oxygen atoms in total. The van der Waals surface area contributed by atoms with Crippen LogP contribution in [0.15, 0.2) is 0 Å². The Morgan fingerprint density at radius 2 is 0.623 bits per heavy atom. The SMILES string of the molecule is CCCCCCCCCCCCCCCCCCC(=O)O[C@@H](COC(=O)CCCCCCCCC)COC(=O)CCCCCCCCCCCC(C)C. The highest BCUT2D eigenvalue weighted by Crippen LogP contribution is 2.16. The zero-order valence-corrected chi connectivity index (χ0v) is 36.0. The largest absolute Gasteiger partial charge is 0.462 e. The molecule has 53 heavy (non-hydrogen) atoms. The number of carbonyl (C=O) groups excluding carboxylic acids is 3. The van der Waals surface area contributed by atoms with Crippen molar-refractivity contribution in [2.75, 3.05) is 13.2 Å². The molecule has 0 saturated heterocycles. The second-order valence-corrected chi connectivity index (χ2v) is 16.5. The Labute approximate surface area is 329 Å². The maximum Gasteiger partial charge on any atom is 0.306 e. The average Bonchev–Trinajstić information content (AvgIpc) is 3.14. The van der Waals surface area contributed by atoms with Gasteiger partial charge in [0.05, 0.1) is 0 Å². The van der Waals surface area contributed by atoms with Crippen LogP contribution in [0.3, 0.4) is 0 Å². The van der Waals surface area contributed by atoms with Crippen LogP contribution in [-0.4, -0.2) is 37.2 Å². The number of carbonyl (C=O) groups is 3. The van der Waals surface area contributed by atoms with Gasteiger partial charge in [0.15, 0.2) is 6.10 Å². The van der Waals surface area contributed by atoms with Crippen molar-refractivity contribution in [1.29, 1.82) is 0 Å². The van der Waals surface area contributed by atoms with Gasteiger partial charge in [-0.05, 0) is 25.2 Å². The fraction of sp³-hybridized carbons (Fsp3) is 0.936. The molecule has 0 fully saturated rings. The third-order valence-electron chi connectivity index (χ3n) is 10.5. The molecule has 0 aromatic carbocycles. The molecule has 0 spiro atoms. The van der Waals surface area contributed by atoms with E-state index in [-0.39, 0.29) is 31.1 Å². The summed E-state index contributed by atoms with van der Waals surface area (Å²) in [7, 11) is 0. The van der Waals surface area contributed by atoms with Crippen molar-refractivity contribution in [1.82, 2.24) is 0 Å². The van der Waals surface area contributed by atoms with Gasteiger partial charge in [0, 0.05) is 19.3 Å². The Morgan fingerprint density at radius 3 is 0.925 bits per heavy atom. The van der Waals surface area contributed by atoms with E-state index in [4.69, 9.17) is 14.2 Å². The van der Waals surface area contributed by atoms with E-state index >= 15 is 0 Å². The van der Waals surface area contributed by atoms with Crippen molar-refractivity contribution in [3.63, 3.8) is 0 Å². The standard InChI is InChI=1S/C47H90O6/c1-5-7-9-11-13-14-15-16-17-18-19-20-23-28-32-36-40-47(50)53-44(41-51-45(48)38-34-30-25-12-10-8-6-2)42-52-46(49)39-35-31-27-24-21-22-26-29-33-37-43(3)4/h43-44H,5-42H2,1-4H3/t44-/m0/s1. The first-order chi connectivity index (χ1) is 25.9. The summed E-state index contributed by atoms with van der Waals surface area (Å²) < 4.78 is 16.7. The van der Waals surface area contributed by atoms with Gasteiger partial charge in [-0.15, -0.1) is 0 Å². The highest BCUT2D eigenvalue weighted by Gasteiger charge is 2.19. The van der Waals surface area contributed by atoms with E-state index in [0.29, 0.717) is 19.3 Å². The van der Waals surface area contributed by atoms with Crippen LogP contribution < -0.4 is 0 Å². The molecule has 0 aliphatic heterocycles. The quantitative estimate of drug-likeness (QED) is 0.0351. The zero-order chi connectivity index (χ0) is 38.9. The van der Waals surface area contributed by atoms with Crippen LogP contribution >= 0.6 is 0 Å². The van der Waals surface area contributed by atoms with E-state index in [9.17, 15) is 14.4 Å². The molecule has 0 N–H and O–H groups in total. The molecule has 0 aliphatic carbocycles. The number of rotatable bonds is 42. The second-order valence-electron chi connectivity index (χ2n) is 16.5. The molecule has 6 heteroatoms. The fourth-order valence-corrected chi connectivity index (χ4v) is 6.98. The first-order valence-corrected chi connectivity index (χ1v) is 23.4. The third-order valence-corrected chi connectivity index (χ3v) is 10.5. The predicted molar refractivity (Wildman–Crippen MR) is 224 cm³/mol. The minimum absolute atomic E-state index is 0.0644. The maximum absolute atomic E-state index is 12.7. The van der Waals surface area contributed by atoms with E-state index in [2.05, 4.69) is 27.7 Å². The lowest BCUT2D eigenvalue weighted by Crippen LogP contribution is -2.30. The van der Waals surface area contributed by atoms with Crippen LogP contribution in [-0.2, 0) is 28.6 Å². The van der Waals surface area contributed by atoms with E-state index in [1.165, 1.54) is 154 Å². The summed E-state index contributed by atoms with van der Waals surface area (Å²) in [6.45, 7) is 8.94. The molecule has 0 heterocycles. The van der Waals surface area contributed by atoms with Crippen LogP contribution in [0.2, 0.25) is 0 Å². The van der Waals surface area contributed by atoms with Crippen molar-refractivity contribution in [3.05, 3.63) is 0 Å². The van der Waals surface area contributed by atoms with Crippen LogP contribution in [0, 0.1) is 5.92 Å². The van der Waals surface area contributed by atoms with Gasteiger partial charge in [0.1, 0.15) is 13.2 Å². The molecule has 0 amide bonds. The summed E-state index contributed by atoms with van der Waals surface area (Å²) in [4.78, 5) is 37.6. The molecular formula is C47H90O6. The monoisotopic (exact) mass is 751 g/mol. The van der Waals surface area contributed by atoms with Gasteiger partial charge >= 0.3 is 17.9 Å². The highest BCUT2D eigenvalue weighted by molar-refractivity contribution is 5.71. The number of unbranched alkanes of at least 4 members (excludes halogenated alkanes) is 29. The normalized spacial score (nSPS) is 11.9. The fourth-order valence-electron chi connectivity index (χ4n) is 6.98. The van der Waals surface area contributed by atoms with Gasteiger partial charge in [0.25, 0.3) is 0 Å². The smallest absolute Gasteiger partial charge is 0.306 e. The summed E-state index contributed by atoms with van der Waals surface area (Å²) in [5.74, 6) is -0.0507. The van der Waals surface area contributed by atoms with Gasteiger partial charge in [-0.2, -0.15) is 0 Å². The topological polar surface area (TPSA) is 78.9 Å². The maximum atomic E-state index is 12.7. The average molecular weight is 751 g/mol. The summed E-state index contributed by atoms with van der Waals surface area (Å²) >= 11 is 0. The first kappa shape index (κ1) is 51.4. The molecule has 0 aliphatic rings. The lowest BCUT2D eigenvalue weighted by Gasteiger charge is -2.18. The van der Waals surface area contributed by atoms with Crippen LogP contribution in [0.4, 0.5) is 0 Å². The molecular weight excluding hydrogens is 661 g/mol. The summed E-state index contributed by atoms with van der Waals surface area (Å²) in [5.41, 5.74) is 0. The van der Waals surface area contributed by atoms with Crippen molar-refractivity contribution in [2.24, 2.45) is 5.92 Å². The van der Waals surface area contributed by atoms with Crippen molar-refractivity contribution >= 4 is 17.9 Å². The van der Waals surface area contributed by atoms with Gasteiger partial charge in [0.2, 0.25) is 0 Å². The highest BCUT2D eigenvalue weighted by atomic mass is 16.6. The van der Waals surface area contributed by atoms with Crippen molar-refractivity contribution < 1.29 is 28.6 Å². The molecule has 314 valence electrons. The number of hydrogen-bond donors (Lipinski definition) is 0. The summed E-state index contributed by atoms with van der Waals surface area (Å²) in [6.07, 6.45) is 41.0. The molecule has 0 bridgehead atoms. The van der Waals surface area contributed by atoms with Gasteiger partial charge in [-0.3, -0.25) is 14.4 Å². The number of ether oxygens (including phenoxy) is 3. The van der Waals surface area contributed by atoms with Gasteiger partial charge < -0.3 is 14.2 Å². The third kappa shape index (κ3) is 41.4. The predicted octanol–water partition coefficient (Wildman–Crippen LogP) is 14.7. The van der Waals surface area contributed by atoms with E-state index < -0.39 is 6.10 Å². The van der Waals surface area contributed by atoms with Crippen LogP contribution in [0.1, 0.15) is 259 Å². The minimum atomic E-state index is -0.758. The molecule has 0 aromatic rings. The molecule has 0 saturated carbocycles. The first-order valence-electron chi connectivity index (χ1n) is 23.4. The summed E-state index contributed by atoms with van der Waals surface area (Å²) in [6, 6.07) is 0. The Kier molecular flexibility index (Phi) is 40.3. The molecule has 1 atom stereocenters. The van der Waals surface area contributed by atoms with Gasteiger partial charge in [-0.1, -0.05) is 220 Å². The van der Waals surface area contributed by atoms with Gasteiger partial charge in [-0.25, -0.2) is 0 Å². The number of esters is 3. The molecule has 0 aromatic heterocycles. The second kappa shape index (κ2) is 41.6. The lowest BCUT2D eigenvalue weighted by molar-refractivity contribution is -0.167. The van der Waals surface area contributed by atoms with E-state index in [1.54, 1.807) is 0 Å². The molecule has 0 unspecified atom stereocenters. The number of hydrogen-bond acceptors (Lipinski definition) is 6. The van der Waals surface area contributed by atoms with Crippen LogP contribution in [0.5, 0.6) is 0 Å².